The second kappa shape index (κ2) is 10.5. The van der Waals surface area contributed by atoms with E-state index in [1.165, 1.54) is 6.07 Å². The minimum Gasteiger partial charge on any atom is -0.376 e. The maximum atomic E-state index is 14.0. The van der Waals surface area contributed by atoms with Gasteiger partial charge in [0, 0.05) is 44.2 Å². The first-order chi connectivity index (χ1) is 17.1. The number of para-hydroxylation sites is 1. The summed E-state index contributed by atoms with van der Waals surface area (Å²) in [7, 11) is 0. The van der Waals surface area contributed by atoms with Crippen LogP contribution >= 0.6 is 12.2 Å². The Balaban J connectivity index is 1.38. The SMILES string of the molecule is O=C(CCN1C(=S)N[C@H](c2ccccn2)[C@@H]1c1cccn1C[C@@H]1CCCO1)Nc1ccccc1F. The summed E-state index contributed by atoms with van der Waals surface area (Å²) >= 11 is 5.72. The predicted octanol–water partition coefficient (Wildman–Crippen LogP) is 4.20. The Kier molecular flexibility index (Phi) is 7.06. The van der Waals surface area contributed by atoms with Gasteiger partial charge in [-0.3, -0.25) is 9.78 Å². The summed E-state index contributed by atoms with van der Waals surface area (Å²) in [4.78, 5) is 19.3. The van der Waals surface area contributed by atoms with Gasteiger partial charge in [-0.25, -0.2) is 4.39 Å². The van der Waals surface area contributed by atoms with Crippen LogP contribution in [0.25, 0.3) is 0 Å². The minimum atomic E-state index is -0.459. The number of carbonyl (C=O) groups is 1. The summed E-state index contributed by atoms with van der Waals surface area (Å²) < 4.78 is 22.1. The molecule has 3 aromatic rings. The molecule has 35 heavy (non-hydrogen) atoms. The summed E-state index contributed by atoms with van der Waals surface area (Å²) in [6.45, 7) is 1.95. The lowest BCUT2D eigenvalue weighted by Gasteiger charge is -2.29. The zero-order valence-corrected chi connectivity index (χ0v) is 20.1. The van der Waals surface area contributed by atoms with Gasteiger partial charge in [-0.05, 0) is 61.5 Å². The van der Waals surface area contributed by atoms with Gasteiger partial charge in [-0.1, -0.05) is 18.2 Å². The molecule has 9 heteroatoms. The van der Waals surface area contributed by atoms with Crippen LogP contribution in [-0.4, -0.2) is 44.7 Å². The Morgan fingerprint density at radius 2 is 2.06 bits per heavy atom. The van der Waals surface area contributed by atoms with E-state index in [9.17, 15) is 9.18 Å². The molecule has 0 saturated carbocycles. The van der Waals surface area contributed by atoms with Crippen molar-refractivity contribution in [3.8, 4) is 0 Å². The third-order valence-corrected chi connectivity index (χ3v) is 6.87. The molecule has 2 fully saturated rings. The van der Waals surface area contributed by atoms with E-state index < -0.39 is 5.82 Å². The number of thiocarbonyl (C=S) groups is 1. The lowest BCUT2D eigenvalue weighted by Crippen LogP contribution is -2.33. The molecule has 182 valence electrons. The Hall–Kier alpha value is -3.30. The maximum Gasteiger partial charge on any atom is 0.226 e. The van der Waals surface area contributed by atoms with Crippen LogP contribution in [0.5, 0.6) is 0 Å². The molecule has 2 aromatic heterocycles. The molecule has 3 atom stereocenters. The molecule has 1 aromatic carbocycles. The Labute approximate surface area is 209 Å². The number of benzene rings is 1. The zero-order chi connectivity index (χ0) is 24.2. The lowest BCUT2D eigenvalue weighted by atomic mass is 10.0. The smallest absolute Gasteiger partial charge is 0.226 e. The number of halogens is 1. The number of aromatic nitrogens is 2. The molecule has 2 aliphatic heterocycles. The predicted molar refractivity (Wildman–Crippen MR) is 135 cm³/mol. The number of hydrogen-bond acceptors (Lipinski definition) is 4. The lowest BCUT2D eigenvalue weighted by molar-refractivity contribution is -0.116. The Morgan fingerprint density at radius 3 is 2.83 bits per heavy atom. The summed E-state index contributed by atoms with van der Waals surface area (Å²) in [5, 5.41) is 6.65. The van der Waals surface area contributed by atoms with E-state index in [0.717, 1.165) is 37.4 Å². The van der Waals surface area contributed by atoms with Crippen LogP contribution in [0.3, 0.4) is 0 Å². The second-order valence-electron chi connectivity index (χ2n) is 8.82. The average molecular weight is 494 g/mol. The molecule has 2 N–H and O–H groups in total. The van der Waals surface area contributed by atoms with Gasteiger partial charge in [0.1, 0.15) is 5.82 Å². The molecule has 1 amide bonds. The highest BCUT2D eigenvalue weighted by atomic mass is 32.1. The number of rotatable bonds is 8. The standard InChI is InChI=1S/C26H28FN5O2S/c27-19-8-1-2-9-20(19)29-23(33)12-15-32-25(24(30-26(32)35)21-10-3-4-13-28-21)22-11-5-14-31(22)17-18-7-6-16-34-18/h1-5,8-11,13-14,18,24-25H,6-7,12,15-17H2,(H,29,33)(H,30,35)/t18-,24+,25-/m0/s1. The van der Waals surface area contributed by atoms with Gasteiger partial charge in [0.2, 0.25) is 5.91 Å². The monoisotopic (exact) mass is 493 g/mol. The van der Waals surface area contributed by atoms with Crippen LogP contribution in [0, 0.1) is 5.82 Å². The summed E-state index contributed by atoms with van der Waals surface area (Å²) in [5.74, 6) is -0.730. The Bertz CT molecular complexity index is 1180. The highest BCUT2D eigenvalue weighted by molar-refractivity contribution is 7.80. The van der Waals surface area contributed by atoms with Gasteiger partial charge >= 0.3 is 0 Å². The number of pyridine rings is 1. The van der Waals surface area contributed by atoms with Crippen LogP contribution < -0.4 is 10.6 Å². The van der Waals surface area contributed by atoms with Crippen LogP contribution in [-0.2, 0) is 16.1 Å². The molecule has 5 rings (SSSR count). The van der Waals surface area contributed by atoms with Crippen LogP contribution in [0.15, 0.2) is 67.0 Å². The van der Waals surface area contributed by atoms with Crippen molar-refractivity contribution in [1.82, 2.24) is 19.8 Å². The zero-order valence-electron chi connectivity index (χ0n) is 19.3. The number of amides is 1. The molecule has 2 saturated heterocycles. The fourth-order valence-corrected chi connectivity index (χ4v) is 5.17. The highest BCUT2D eigenvalue weighted by Gasteiger charge is 2.41. The number of nitrogens with one attached hydrogen (secondary N) is 2. The first-order valence-electron chi connectivity index (χ1n) is 11.9. The molecule has 4 heterocycles. The van der Waals surface area contributed by atoms with Crippen molar-refractivity contribution in [3.63, 3.8) is 0 Å². The summed E-state index contributed by atoms with van der Waals surface area (Å²) in [6.07, 6.45) is 6.31. The molecule has 0 aliphatic carbocycles. The van der Waals surface area contributed by atoms with Gasteiger partial charge in [-0.15, -0.1) is 0 Å². The number of carbonyl (C=O) groups excluding carboxylic acids is 1. The van der Waals surface area contributed by atoms with Crippen LogP contribution in [0.4, 0.5) is 10.1 Å². The molecule has 0 bridgehead atoms. The Morgan fingerprint density at radius 1 is 1.20 bits per heavy atom. The topological polar surface area (TPSA) is 71.4 Å². The fraction of sp³-hybridized carbons (Fsp3) is 0.346. The van der Waals surface area contributed by atoms with Crippen molar-refractivity contribution >= 4 is 28.9 Å². The number of hydrogen-bond donors (Lipinski definition) is 2. The number of ether oxygens (including phenoxy) is 1. The van der Waals surface area contributed by atoms with Crippen LogP contribution in [0.1, 0.15) is 42.7 Å². The average Bonchev–Trinajstić information content (AvgIpc) is 3.61. The molecule has 2 aliphatic rings. The third-order valence-electron chi connectivity index (χ3n) is 6.52. The van der Waals surface area contributed by atoms with E-state index >= 15 is 0 Å². The maximum absolute atomic E-state index is 14.0. The van der Waals surface area contributed by atoms with Crippen molar-refractivity contribution in [1.29, 1.82) is 0 Å². The third kappa shape index (κ3) is 5.21. The van der Waals surface area contributed by atoms with E-state index in [2.05, 4.69) is 32.4 Å². The van der Waals surface area contributed by atoms with E-state index in [1.54, 1.807) is 24.4 Å². The van der Waals surface area contributed by atoms with Crippen molar-refractivity contribution in [2.75, 3.05) is 18.5 Å². The minimum absolute atomic E-state index is 0.157. The van der Waals surface area contributed by atoms with Gasteiger partial charge in [0.25, 0.3) is 0 Å². The summed E-state index contributed by atoms with van der Waals surface area (Å²) in [5.41, 5.74) is 2.13. The number of nitrogens with zero attached hydrogens (tertiary/aromatic N) is 3. The first-order valence-corrected chi connectivity index (χ1v) is 12.3. The summed E-state index contributed by atoms with van der Waals surface area (Å²) in [6, 6.07) is 15.8. The van der Waals surface area contributed by atoms with Crippen molar-refractivity contribution < 1.29 is 13.9 Å². The van der Waals surface area contributed by atoms with E-state index in [0.29, 0.717) is 11.7 Å². The first kappa shape index (κ1) is 23.4. The van der Waals surface area contributed by atoms with Gasteiger partial charge in [0.15, 0.2) is 5.11 Å². The highest BCUT2D eigenvalue weighted by Crippen LogP contribution is 2.39. The molecule has 0 spiro atoms. The molecular weight excluding hydrogens is 465 g/mol. The molecular formula is C26H28FN5O2S. The molecule has 0 radical (unpaired) electrons. The fourth-order valence-electron chi connectivity index (χ4n) is 4.83. The second-order valence-corrected chi connectivity index (χ2v) is 9.21. The van der Waals surface area contributed by atoms with Gasteiger partial charge in [-0.2, -0.15) is 0 Å². The van der Waals surface area contributed by atoms with Crippen molar-refractivity contribution in [3.05, 3.63) is 84.2 Å². The van der Waals surface area contributed by atoms with Gasteiger partial charge in [0.05, 0.1) is 29.6 Å². The van der Waals surface area contributed by atoms with Gasteiger partial charge < -0.3 is 24.8 Å². The molecule has 0 unspecified atom stereocenters. The quantitative estimate of drug-likeness (QED) is 0.459. The van der Waals surface area contributed by atoms with Crippen molar-refractivity contribution in [2.24, 2.45) is 0 Å². The van der Waals surface area contributed by atoms with Crippen molar-refractivity contribution in [2.45, 2.75) is 44.0 Å². The normalized spacial score (nSPS) is 21.8. The largest absolute Gasteiger partial charge is 0.376 e. The number of anilines is 1. The van der Waals surface area contributed by atoms with E-state index in [1.807, 2.05) is 29.2 Å². The molecule has 7 nitrogen and oxygen atoms in total. The van der Waals surface area contributed by atoms with Crippen LogP contribution in [0.2, 0.25) is 0 Å². The van der Waals surface area contributed by atoms with E-state index in [-0.39, 0.29) is 36.2 Å². The van der Waals surface area contributed by atoms with E-state index in [4.69, 9.17) is 17.0 Å².